The fourth-order valence-corrected chi connectivity index (χ4v) is 14.4. The van der Waals surface area contributed by atoms with Crippen LogP contribution in [0.2, 0.25) is 0 Å². The fraction of sp³-hybridized carbons (Fsp3) is 0.0545. The van der Waals surface area contributed by atoms with Crippen molar-refractivity contribution in [2.45, 2.75) is 19.3 Å². The van der Waals surface area contributed by atoms with Gasteiger partial charge in [-0.25, -0.2) is 0 Å². The molecule has 3 aliphatic rings. The SMILES string of the molecule is CC1(C)c2ccccc2-c2cc3c4c(c21)-n1c2c(cccc2c2ccc5ccccc5c21)B4N(c1cccc2c1sc1ccccc12)c1ccc2c(sc4ccccc42)c1-3. The summed E-state index contributed by atoms with van der Waals surface area (Å²) < 4.78 is 8.09. The van der Waals surface area contributed by atoms with Gasteiger partial charge in [0.25, 0.3) is 0 Å². The zero-order valence-electron chi connectivity index (χ0n) is 32.9. The van der Waals surface area contributed by atoms with E-state index in [1.165, 1.54) is 134 Å². The van der Waals surface area contributed by atoms with E-state index < -0.39 is 0 Å². The van der Waals surface area contributed by atoms with Gasteiger partial charge in [-0.1, -0.05) is 147 Å². The molecule has 0 bridgehead atoms. The summed E-state index contributed by atoms with van der Waals surface area (Å²) in [6.45, 7) is 4.86. The number of fused-ring (bicyclic) bond motifs is 20. The van der Waals surface area contributed by atoms with Crippen molar-refractivity contribution in [2.24, 2.45) is 0 Å². The Bertz CT molecular complexity index is 3960. The first-order chi connectivity index (χ1) is 29.6. The minimum absolute atomic E-state index is 0.0678. The van der Waals surface area contributed by atoms with Gasteiger partial charge in [0, 0.05) is 79.8 Å². The highest BCUT2D eigenvalue weighted by atomic mass is 32.1. The maximum absolute atomic E-state index is 2.76. The topological polar surface area (TPSA) is 8.17 Å². The van der Waals surface area contributed by atoms with Gasteiger partial charge >= 0.3 is 6.85 Å². The summed E-state index contributed by atoms with van der Waals surface area (Å²) in [6.07, 6.45) is 0. The second-order valence-electron chi connectivity index (χ2n) is 17.5. The van der Waals surface area contributed by atoms with E-state index in [9.17, 15) is 0 Å². The molecule has 0 fully saturated rings. The molecule has 15 rings (SSSR count). The summed E-state index contributed by atoms with van der Waals surface area (Å²) in [5.74, 6) is 0. The van der Waals surface area contributed by atoms with E-state index in [1.54, 1.807) is 0 Å². The number of thiophene rings is 2. The Morgan fingerprint density at radius 1 is 0.483 bits per heavy atom. The quantitative estimate of drug-likeness (QED) is 0.150. The van der Waals surface area contributed by atoms with Crippen LogP contribution in [0.4, 0.5) is 11.4 Å². The highest BCUT2D eigenvalue weighted by molar-refractivity contribution is 7.27. The molecule has 0 radical (unpaired) electrons. The predicted molar refractivity (Wildman–Crippen MR) is 261 cm³/mol. The van der Waals surface area contributed by atoms with Gasteiger partial charge in [-0.2, -0.15) is 0 Å². The molecule has 9 aromatic carbocycles. The Balaban J connectivity index is 1.21. The molecular weight excluding hydrogens is 764 g/mol. The maximum Gasteiger partial charge on any atom is 0.333 e. The molecule has 0 saturated carbocycles. The summed E-state index contributed by atoms with van der Waals surface area (Å²) in [5, 5.41) is 10.5. The smallest absolute Gasteiger partial charge is 0.333 e. The van der Waals surface area contributed by atoms with Crippen LogP contribution in [0, 0.1) is 0 Å². The maximum atomic E-state index is 2.76. The van der Waals surface area contributed by atoms with Crippen LogP contribution in [-0.4, -0.2) is 11.4 Å². The van der Waals surface area contributed by atoms with Crippen molar-refractivity contribution in [3.8, 4) is 27.9 Å². The normalized spacial score (nSPS) is 14.6. The van der Waals surface area contributed by atoms with Gasteiger partial charge in [-0.05, 0) is 74.5 Å². The van der Waals surface area contributed by atoms with Gasteiger partial charge in [0.15, 0.2) is 0 Å². The van der Waals surface area contributed by atoms with Crippen molar-refractivity contribution < 1.29 is 0 Å². The second kappa shape index (κ2) is 10.9. The number of hydrogen-bond donors (Lipinski definition) is 0. The van der Waals surface area contributed by atoms with Crippen molar-refractivity contribution in [1.29, 1.82) is 0 Å². The molecule has 1 aliphatic carbocycles. The Morgan fingerprint density at radius 2 is 1.13 bits per heavy atom. The molecule has 5 heteroatoms. The Kier molecular flexibility index (Phi) is 5.87. The molecule has 5 heterocycles. The number of benzene rings is 9. The van der Waals surface area contributed by atoms with Crippen molar-refractivity contribution in [2.75, 3.05) is 4.81 Å². The van der Waals surface area contributed by atoms with Crippen LogP contribution in [0.3, 0.4) is 0 Å². The largest absolute Gasteiger partial charge is 0.375 e. The highest BCUT2D eigenvalue weighted by Gasteiger charge is 2.49. The molecule has 2 aliphatic heterocycles. The van der Waals surface area contributed by atoms with Gasteiger partial charge in [-0.3, -0.25) is 0 Å². The average molecular weight is 797 g/mol. The first-order valence-electron chi connectivity index (χ1n) is 21.0. The third-order valence-electron chi connectivity index (χ3n) is 14.3. The van der Waals surface area contributed by atoms with Gasteiger partial charge in [0.05, 0.1) is 15.7 Å². The lowest BCUT2D eigenvalue weighted by molar-refractivity contribution is 0.657. The third kappa shape index (κ3) is 3.71. The van der Waals surface area contributed by atoms with Crippen LogP contribution in [0.25, 0.3) is 101 Å². The van der Waals surface area contributed by atoms with E-state index in [4.69, 9.17) is 0 Å². The molecule has 0 amide bonds. The fourth-order valence-electron chi connectivity index (χ4n) is 11.9. The van der Waals surface area contributed by atoms with Crippen LogP contribution in [0.15, 0.2) is 164 Å². The average Bonchev–Trinajstić information content (AvgIpc) is 4.02. The monoisotopic (exact) mass is 796 g/mol. The second-order valence-corrected chi connectivity index (χ2v) is 19.6. The van der Waals surface area contributed by atoms with E-state index in [1.807, 2.05) is 22.7 Å². The van der Waals surface area contributed by atoms with Crippen LogP contribution >= 0.6 is 22.7 Å². The van der Waals surface area contributed by atoms with Crippen LogP contribution < -0.4 is 15.7 Å². The Hall–Kier alpha value is -6.66. The number of para-hydroxylation sites is 1. The minimum atomic E-state index is -0.235. The number of hydrogen-bond acceptors (Lipinski definition) is 3. The number of nitrogens with zero attached hydrogens (tertiary/aromatic N) is 2. The van der Waals surface area contributed by atoms with Crippen LogP contribution in [0.5, 0.6) is 0 Å². The van der Waals surface area contributed by atoms with Crippen LogP contribution in [0.1, 0.15) is 25.0 Å². The third-order valence-corrected chi connectivity index (χ3v) is 16.7. The molecule has 2 nitrogen and oxygen atoms in total. The Morgan fingerprint density at radius 3 is 1.98 bits per heavy atom. The summed E-state index contributed by atoms with van der Waals surface area (Å²) in [5.41, 5.74) is 17.3. The molecule has 0 saturated heterocycles. The van der Waals surface area contributed by atoms with Crippen molar-refractivity contribution in [3.05, 3.63) is 175 Å². The van der Waals surface area contributed by atoms with E-state index in [2.05, 4.69) is 187 Å². The van der Waals surface area contributed by atoms with E-state index in [0.717, 1.165) is 0 Å². The van der Waals surface area contributed by atoms with E-state index >= 15 is 0 Å². The molecule has 0 N–H and O–H groups in total. The molecule has 60 heavy (non-hydrogen) atoms. The number of aromatic nitrogens is 1. The predicted octanol–water partition coefficient (Wildman–Crippen LogP) is 14.2. The Labute approximate surface area is 354 Å². The molecule has 0 spiro atoms. The molecule has 0 atom stereocenters. The molecule has 278 valence electrons. The highest BCUT2D eigenvalue weighted by Crippen LogP contribution is 2.58. The van der Waals surface area contributed by atoms with E-state index in [-0.39, 0.29) is 12.3 Å². The zero-order valence-corrected chi connectivity index (χ0v) is 34.5. The van der Waals surface area contributed by atoms with Crippen molar-refractivity contribution >= 4 is 125 Å². The van der Waals surface area contributed by atoms with Crippen molar-refractivity contribution in [3.63, 3.8) is 0 Å². The molecular formula is C55H33BN2S2. The summed E-state index contributed by atoms with van der Waals surface area (Å²) in [7, 11) is 0. The molecule has 0 unspecified atom stereocenters. The van der Waals surface area contributed by atoms with Gasteiger partial charge < -0.3 is 9.38 Å². The standard InChI is InChI=1S/C55H33BN2S2/c1-55(2)41-20-8-5-15-32(41)39-29-40-47-43(28-27-38-34-17-7-10-24-46(34)60-54(38)47)58(44-22-12-19-37-33-16-6-9-23-45(33)59-53(37)44)56-42-21-11-18-35-36-26-25-30-13-3-4-14-31(30)50(36)57(51(35)42)52(48(39)55)49(40)56/h3-29H,1-2H3. The lowest BCUT2D eigenvalue weighted by Crippen LogP contribution is -2.61. The van der Waals surface area contributed by atoms with Gasteiger partial charge in [0.1, 0.15) is 0 Å². The van der Waals surface area contributed by atoms with Crippen molar-refractivity contribution in [1.82, 2.24) is 4.57 Å². The molecule has 12 aromatic rings. The zero-order chi connectivity index (χ0) is 39.2. The summed E-state index contributed by atoms with van der Waals surface area (Å²) in [4.78, 5) is 2.76. The first kappa shape index (κ1) is 32.2. The van der Waals surface area contributed by atoms with Gasteiger partial charge in [-0.15, -0.1) is 22.7 Å². The summed E-state index contributed by atoms with van der Waals surface area (Å²) >= 11 is 3.88. The van der Waals surface area contributed by atoms with E-state index in [0.29, 0.717) is 0 Å². The number of anilines is 2. The number of rotatable bonds is 1. The van der Waals surface area contributed by atoms with Crippen LogP contribution in [-0.2, 0) is 5.41 Å². The lowest BCUT2D eigenvalue weighted by Gasteiger charge is -2.44. The van der Waals surface area contributed by atoms with Gasteiger partial charge in [0.2, 0.25) is 0 Å². The molecule has 3 aromatic heterocycles. The first-order valence-corrected chi connectivity index (χ1v) is 22.6. The summed E-state index contributed by atoms with van der Waals surface area (Å²) in [6, 6.07) is 62.5. The lowest BCUT2D eigenvalue weighted by atomic mass is 9.43. The minimum Gasteiger partial charge on any atom is -0.375 e.